The second kappa shape index (κ2) is 14.3. The molecule has 0 aromatic heterocycles. The van der Waals surface area contributed by atoms with E-state index < -0.39 is 28.5 Å². The van der Waals surface area contributed by atoms with Crippen LogP contribution in [-0.4, -0.2) is 43.8 Å². The minimum absolute atomic E-state index is 0.0225. The molecule has 0 heterocycles. The number of aryl methyl sites for hydroxylation is 2. The summed E-state index contributed by atoms with van der Waals surface area (Å²) in [4.78, 5) is 29.3. The van der Waals surface area contributed by atoms with Gasteiger partial charge in [0.15, 0.2) is 0 Å². The SMILES string of the molecule is CC[C@@H](C(=O)NC1CCCC1)N(Cc1c(Cl)cccc1Cl)C(=O)CN(c1ccc(C)c(Cl)c1)S(=O)(=O)c1ccc(C)cc1. The molecule has 0 saturated heterocycles. The number of nitrogens with zero attached hydrogens (tertiary/aromatic N) is 2. The van der Waals surface area contributed by atoms with Crippen molar-refractivity contribution < 1.29 is 18.0 Å². The van der Waals surface area contributed by atoms with Crippen LogP contribution in [0.3, 0.4) is 0 Å². The van der Waals surface area contributed by atoms with Crippen molar-refractivity contribution in [1.82, 2.24) is 10.2 Å². The highest BCUT2D eigenvalue weighted by molar-refractivity contribution is 7.92. The first kappa shape index (κ1) is 33.1. The lowest BCUT2D eigenvalue weighted by atomic mass is 10.1. The number of rotatable bonds is 11. The molecule has 43 heavy (non-hydrogen) atoms. The van der Waals surface area contributed by atoms with E-state index in [1.165, 1.54) is 23.1 Å². The Morgan fingerprint density at radius 3 is 2.14 bits per heavy atom. The zero-order valence-electron chi connectivity index (χ0n) is 24.4. The fourth-order valence-corrected chi connectivity index (χ4v) is 7.34. The second-order valence-corrected chi connectivity index (χ2v) is 14.0. The number of nitrogens with one attached hydrogen (secondary N) is 1. The summed E-state index contributed by atoms with van der Waals surface area (Å²) in [7, 11) is -4.22. The highest BCUT2D eigenvalue weighted by Gasteiger charge is 2.35. The van der Waals surface area contributed by atoms with Gasteiger partial charge in [-0.3, -0.25) is 13.9 Å². The number of hydrogen-bond donors (Lipinski definition) is 1. The lowest BCUT2D eigenvalue weighted by Crippen LogP contribution is -2.53. The molecule has 4 rings (SSSR count). The van der Waals surface area contributed by atoms with Crippen molar-refractivity contribution in [2.24, 2.45) is 0 Å². The molecule has 1 aliphatic rings. The Hall–Kier alpha value is -2.78. The number of hydrogen-bond acceptors (Lipinski definition) is 4. The predicted molar refractivity (Wildman–Crippen MR) is 173 cm³/mol. The molecular formula is C32H36Cl3N3O4S. The number of halogens is 3. The molecule has 11 heteroatoms. The van der Waals surface area contributed by atoms with E-state index in [1.807, 2.05) is 13.8 Å². The van der Waals surface area contributed by atoms with Crippen molar-refractivity contribution in [3.05, 3.63) is 92.4 Å². The molecule has 230 valence electrons. The van der Waals surface area contributed by atoms with E-state index in [9.17, 15) is 18.0 Å². The minimum atomic E-state index is -4.22. The molecule has 7 nitrogen and oxygen atoms in total. The van der Waals surface area contributed by atoms with Crippen LogP contribution < -0.4 is 9.62 Å². The molecule has 3 aromatic rings. The fraction of sp³-hybridized carbons (Fsp3) is 0.375. The quantitative estimate of drug-likeness (QED) is 0.233. The molecule has 0 unspecified atom stereocenters. The maximum Gasteiger partial charge on any atom is 0.264 e. The lowest BCUT2D eigenvalue weighted by Gasteiger charge is -2.34. The summed E-state index contributed by atoms with van der Waals surface area (Å²) in [5.74, 6) is -0.881. The fourth-order valence-electron chi connectivity index (χ4n) is 5.24. The summed E-state index contributed by atoms with van der Waals surface area (Å²) in [6.45, 7) is 4.82. The largest absolute Gasteiger partial charge is 0.352 e. The van der Waals surface area contributed by atoms with Crippen molar-refractivity contribution >= 4 is 62.3 Å². The van der Waals surface area contributed by atoms with E-state index in [-0.39, 0.29) is 29.1 Å². The summed E-state index contributed by atoms with van der Waals surface area (Å²) in [6.07, 6.45) is 4.12. The Labute approximate surface area is 269 Å². The molecule has 1 fully saturated rings. The Balaban J connectivity index is 1.76. The summed E-state index contributed by atoms with van der Waals surface area (Å²) in [5.41, 5.74) is 2.34. The van der Waals surface area contributed by atoms with Crippen molar-refractivity contribution in [1.29, 1.82) is 0 Å². The van der Waals surface area contributed by atoms with Gasteiger partial charge in [-0.05, 0) is 75.1 Å². The van der Waals surface area contributed by atoms with Gasteiger partial charge in [-0.2, -0.15) is 0 Å². The first-order valence-electron chi connectivity index (χ1n) is 14.3. The predicted octanol–water partition coefficient (Wildman–Crippen LogP) is 7.33. The van der Waals surface area contributed by atoms with Crippen LogP contribution in [0.25, 0.3) is 0 Å². The molecule has 1 N–H and O–H groups in total. The number of carbonyl (C=O) groups is 2. The average molecular weight is 665 g/mol. The Morgan fingerprint density at radius 2 is 1.56 bits per heavy atom. The number of carbonyl (C=O) groups excluding carboxylic acids is 2. The van der Waals surface area contributed by atoms with Gasteiger partial charge in [-0.1, -0.05) is 84.4 Å². The summed E-state index contributed by atoms with van der Waals surface area (Å²) < 4.78 is 29.2. The Kier molecular flexibility index (Phi) is 11.0. The zero-order chi connectivity index (χ0) is 31.3. The molecule has 1 atom stereocenters. The van der Waals surface area contributed by atoms with Crippen LogP contribution in [0, 0.1) is 13.8 Å². The van der Waals surface area contributed by atoms with E-state index in [0.717, 1.165) is 41.1 Å². The minimum Gasteiger partial charge on any atom is -0.352 e. The zero-order valence-corrected chi connectivity index (χ0v) is 27.5. The van der Waals surface area contributed by atoms with E-state index in [0.29, 0.717) is 27.1 Å². The molecule has 0 radical (unpaired) electrons. The van der Waals surface area contributed by atoms with Gasteiger partial charge in [0, 0.05) is 33.2 Å². The van der Waals surface area contributed by atoms with Gasteiger partial charge < -0.3 is 10.2 Å². The Morgan fingerprint density at radius 1 is 0.930 bits per heavy atom. The maximum atomic E-state index is 14.3. The lowest BCUT2D eigenvalue weighted by molar-refractivity contribution is -0.140. The summed E-state index contributed by atoms with van der Waals surface area (Å²) in [5, 5.41) is 4.13. The van der Waals surface area contributed by atoms with Crippen molar-refractivity contribution in [2.45, 2.75) is 76.4 Å². The smallest absolute Gasteiger partial charge is 0.264 e. The van der Waals surface area contributed by atoms with Crippen LogP contribution in [0.5, 0.6) is 0 Å². The van der Waals surface area contributed by atoms with Gasteiger partial charge in [0.05, 0.1) is 10.6 Å². The number of amides is 2. The summed E-state index contributed by atoms with van der Waals surface area (Å²) >= 11 is 19.4. The van der Waals surface area contributed by atoms with Gasteiger partial charge >= 0.3 is 0 Å². The van der Waals surface area contributed by atoms with Gasteiger partial charge in [-0.25, -0.2) is 8.42 Å². The van der Waals surface area contributed by atoms with Crippen LogP contribution in [0.15, 0.2) is 65.6 Å². The molecule has 0 aliphatic heterocycles. The number of sulfonamides is 1. The maximum absolute atomic E-state index is 14.3. The second-order valence-electron chi connectivity index (χ2n) is 10.9. The highest BCUT2D eigenvalue weighted by atomic mass is 35.5. The monoisotopic (exact) mass is 663 g/mol. The van der Waals surface area contributed by atoms with Gasteiger partial charge in [0.2, 0.25) is 11.8 Å². The van der Waals surface area contributed by atoms with Gasteiger partial charge in [-0.15, -0.1) is 0 Å². The van der Waals surface area contributed by atoms with Crippen LogP contribution in [0.2, 0.25) is 15.1 Å². The van der Waals surface area contributed by atoms with Gasteiger partial charge in [0.25, 0.3) is 10.0 Å². The van der Waals surface area contributed by atoms with Crippen LogP contribution >= 0.6 is 34.8 Å². The van der Waals surface area contributed by atoms with Crippen molar-refractivity contribution in [3.63, 3.8) is 0 Å². The normalized spacial score (nSPS) is 14.4. The third kappa shape index (κ3) is 7.85. The molecule has 0 spiro atoms. The molecule has 1 saturated carbocycles. The molecule has 2 amide bonds. The highest BCUT2D eigenvalue weighted by Crippen LogP contribution is 2.31. The molecule has 1 aliphatic carbocycles. The van der Waals surface area contributed by atoms with Crippen LogP contribution in [0.4, 0.5) is 5.69 Å². The molecular weight excluding hydrogens is 629 g/mol. The molecule has 0 bridgehead atoms. The summed E-state index contributed by atoms with van der Waals surface area (Å²) in [6, 6.07) is 15.4. The van der Waals surface area contributed by atoms with E-state index in [4.69, 9.17) is 34.8 Å². The van der Waals surface area contributed by atoms with Gasteiger partial charge in [0.1, 0.15) is 12.6 Å². The van der Waals surface area contributed by atoms with Crippen molar-refractivity contribution in [3.8, 4) is 0 Å². The van der Waals surface area contributed by atoms with Crippen LogP contribution in [-0.2, 0) is 26.2 Å². The number of anilines is 1. The average Bonchev–Trinajstić information content (AvgIpc) is 3.47. The first-order chi connectivity index (χ1) is 20.4. The standard InChI is InChI=1S/C32H36Cl3N3O4S/c1-4-30(32(40)36-23-8-5-6-9-23)37(19-26-27(33)10-7-11-28(26)34)31(39)20-38(24-15-14-22(3)29(35)18-24)43(41,42)25-16-12-21(2)13-17-25/h7,10-18,23,30H,4-6,8-9,19-20H2,1-3H3,(H,36,40)/t30-/m0/s1. The van der Waals surface area contributed by atoms with E-state index >= 15 is 0 Å². The third-order valence-electron chi connectivity index (χ3n) is 7.81. The topological polar surface area (TPSA) is 86.8 Å². The van der Waals surface area contributed by atoms with E-state index in [2.05, 4.69) is 5.32 Å². The molecule has 3 aromatic carbocycles. The van der Waals surface area contributed by atoms with Crippen LogP contribution in [0.1, 0.15) is 55.7 Å². The first-order valence-corrected chi connectivity index (χ1v) is 16.9. The third-order valence-corrected chi connectivity index (χ3v) is 10.7. The Bertz CT molecular complexity index is 1550. The van der Waals surface area contributed by atoms with Crippen molar-refractivity contribution in [2.75, 3.05) is 10.8 Å². The number of benzene rings is 3. The van der Waals surface area contributed by atoms with E-state index in [1.54, 1.807) is 49.4 Å².